The molecule has 170 valence electrons. The van der Waals surface area contributed by atoms with Crippen molar-refractivity contribution in [1.82, 2.24) is 4.98 Å². The number of anilines is 1. The molecule has 0 fully saturated rings. The van der Waals surface area contributed by atoms with E-state index >= 15 is 0 Å². The number of nitrogens with zero attached hydrogens (tertiary/aromatic N) is 1. The average Bonchev–Trinajstić information content (AvgIpc) is 3.25. The molecule has 4 aromatic rings. The summed E-state index contributed by atoms with van der Waals surface area (Å²) in [4.78, 5) is 4.46. The van der Waals surface area contributed by atoms with Gasteiger partial charge in [0, 0.05) is 10.6 Å². The molecular formula is C25H23ClN2O4S. The van der Waals surface area contributed by atoms with Crippen LogP contribution < -0.4 is 10.1 Å². The predicted molar refractivity (Wildman–Crippen MR) is 128 cm³/mol. The zero-order valence-corrected chi connectivity index (χ0v) is 19.7. The van der Waals surface area contributed by atoms with Crippen LogP contribution in [0.5, 0.6) is 5.75 Å². The molecule has 0 saturated heterocycles. The second-order valence-electron chi connectivity index (χ2n) is 7.34. The Morgan fingerprint density at radius 3 is 2.30 bits per heavy atom. The number of hydrogen-bond acceptors (Lipinski definition) is 6. The van der Waals surface area contributed by atoms with E-state index in [9.17, 15) is 8.42 Å². The lowest BCUT2D eigenvalue weighted by molar-refractivity contribution is 0.340. The van der Waals surface area contributed by atoms with Gasteiger partial charge in [-0.05, 0) is 67.9 Å². The molecule has 3 aromatic carbocycles. The second-order valence-corrected chi connectivity index (χ2v) is 9.65. The van der Waals surface area contributed by atoms with Gasteiger partial charge in [0.2, 0.25) is 26.6 Å². The van der Waals surface area contributed by atoms with E-state index in [4.69, 9.17) is 20.8 Å². The summed E-state index contributed by atoms with van der Waals surface area (Å²) in [5.41, 5.74) is 1.61. The van der Waals surface area contributed by atoms with E-state index in [1.54, 1.807) is 24.3 Å². The molecule has 6 nitrogen and oxygen atoms in total. The zero-order valence-electron chi connectivity index (χ0n) is 18.2. The van der Waals surface area contributed by atoms with E-state index in [1.165, 1.54) is 24.3 Å². The lowest BCUT2D eigenvalue weighted by atomic mass is 10.1. The number of oxazole rings is 1. The van der Waals surface area contributed by atoms with Crippen LogP contribution in [-0.2, 0) is 9.84 Å². The SMILES string of the molecule is CCOc1ccc(-c2nc(S(=O)(=O)c3ccc(Cl)cc3)c(NC(C)c3ccccc3)o2)cc1. The van der Waals surface area contributed by atoms with Crippen molar-refractivity contribution in [3.63, 3.8) is 0 Å². The summed E-state index contributed by atoms with van der Waals surface area (Å²) in [6.45, 7) is 4.38. The molecule has 0 amide bonds. The van der Waals surface area contributed by atoms with Crippen molar-refractivity contribution in [3.05, 3.63) is 89.4 Å². The van der Waals surface area contributed by atoms with Gasteiger partial charge >= 0.3 is 0 Å². The van der Waals surface area contributed by atoms with Gasteiger partial charge in [0.15, 0.2) is 0 Å². The maximum atomic E-state index is 13.4. The van der Waals surface area contributed by atoms with Crippen molar-refractivity contribution in [3.8, 4) is 17.2 Å². The maximum Gasteiger partial charge on any atom is 0.234 e. The summed E-state index contributed by atoms with van der Waals surface area (Å²) in [7, 11) is -3.97. The summed E-state index contributed by atoms with van der Waals surface area (Å²) in [5, 5.41) is 3.44. The molecule has 33 heavy (non-hydrogen) atoms. The number of ether oxygens (including phenoxy) is 1. The Hall–Kier alpha value is -3.29. The van der Waals surface area contributed by atoms with Crippen molar-refractivity contribution in [2.24, 2.45) is 0 Å². The van der Waals surface area contributed by atoms with Crippen LogP contribution in [0.2, 0.25) is 5.02 Å². The number of sulfone groups is 1. The summed E-state index contributed by atoms with van der Waals surface area (Å²) in [5.74, 6) is 0.969. The highest BCUT2D eigenvalue weighted by molar-refractivity contribution is 7.91. The van der Waals surface area contributed by atoms with Crippen LogP contribution in [0.15, 0.2) is 93.2 Å². The van der Waals surface area contributed by atoms with E-state index in [2.05, 4.69) is 10.3 Å². The molecule has 0 aliphatic carbocycles. The molecular weight excluding hydrogens is 460 g/mol. The normalized spacial score (nSPS) is 12.3. The van der Waals surface area contributed by atoms with Crippen LogP contribution in [0, 0.1) is 0 Å². The van der Waals surface area contributed by atoms with Gasteiger partial charge in [0.25, 0.3) is 0 Å². The molecule has 8 heteroatoms. The average molecular weight is 483 g/mol. The molecule has 1 unspecified atom stereocenters. The third-order valence-corrected chi connectivity index (χ3v) is 6.96. The monoisotopic (exact) mass is 482 g/mol. The third kappa shape index (κ3) is 5.05. The second kappa shape index (κ2) is 9.68. The molecule has 1 heterocycles. The Morgan fingerprint density at radius 2 is 1.67 bits per heavy atom. The molecule has 1 atom stereocenters. The first-order valence-electron chi connectivity index (χ1n) is 10.4. The first-order chi connectivity index (χ1) is 15.9. The number of rotatable bonds is 8. The third-order valence-electron chi connectivity index (χ3n) is 5.03. The number of nitrogens with one attached hydrogen (secondary N) is 1. The van der Waals surface area contributed by atoms with Gasteiger partial charge < -0.3 is 14.5 Å². The van der Waals surface area contributed by atoms with Crippen LogP contribution in [-0.4, -0.2) is 20.0 Å². The number of benzene rings is 3. The summed E-state index contributed by atoms with van der Waals surface area (Å²) in [6, 6.07) is 22.5. The van der Waals surface area contributed by atoms with E-state index in [0.717, 1.165) is 5.56 Å². The highest BCUT2D eigenvalue weighted by atomic mass is 35.5. The first kappa shape index (κ1) is 22.9. The van der Waals surface area contributed by atoms with Gasteiger partial charge in [0.1, 0.15) is 5.75 Å². The zero-order chi connectivity index (χ0) is 23.4. The highest BCUT2D eigenvalue weighted by Crippen LogP contribution is 2.35. The number of hydrogen-bond donors (Lipinski definition) is 1. The standard InChI is InChI=1S/C25H23ClN2O4S/c1-3-31-21-13-9-19(10-14-21)23-28-25(33(29,30)22-15-11-20(26)12-16-22)24(32-23)27-17(2)18-7-5-4-6-8-18/h4-17,27H,3H2,1-2H3. The Balaban J connectivity index is 1.76. The van der Waals surface area contributed by atoms with Gasteiger partial charge in [-0.2, -0.15) is 4.98 Å². The molecule has 1 aromatic heterocycles. The molecule has 4 rings (SSSR count). The quantitative estimate of drug-likeness (QED) is 0.313. The molecule has 0 bridgehead atoms. The fourth-order valence-electron chi connectivity index (χ4n) is 3.31. The minimum atomic E-state index is -3.97. The minimum Gasteiger partial charge on any atom is -0.494 e. The molecule has 0 saturated carbocycles. The van der Waals surface area contributed by atoms with Crippen LogP contribution in [0.1, 0.15) is 25.5 Å². The summed E-state index contributed by atoms with van der Waals surface area (Å²) >= 11 is 5.94. The van der Waals surface area contributed by atoms with Gasteiger partial charge in [-0.1, -0.05) is 41.9 Å². The fourth-order valence-corrected chi connectivity index (χ4v) is 4.70. The largest absolute Gasteiger partial charge is 0.494 e. The Bertz CT molecular complexity index is 1320. The molecule has 0 spiro atoms. The van der Waals surface area contributed by atoms with Crippen molar-refractivity contribution in [2.45, 2.75) is 29.8 Å². The molecule has 0 aliphatic rings. The minimum absolute atomic E-state index is 0.0742. The summed E-state index contributed by atoms with van der Waals surface area (Å²) in [6.07, 6.45) is 0. The molecule has 1 N–H and O–H groups in total. The van der Waals surface area contributed by atoms with Gasteiger partial charge in [-0.15, -0.1) is 0 Å². The van der Waals surface area contributed by atoms with Gasteiger partial charge in [-0.3, -0.25) is 0 Å². The fraction of sp³-hybridized carbons (Fsp3) is 0.160. The topological polar surface area (TPSA) is 81.4 Å². The van der Waals surface area contributed by atoms with Gasteiger partial charge in [0.05, 0.1) is 17.5 Å². The lowest BCUT2D eigenvalue weighted by Crippen LogP contribution is -2.10. The van der Waals surface area contributed by atoms with Gasteiger partial charge in [-0.25, -0.2) is 8.42 Å². The Labute approximate surface area is 198 Å². The summed E-state index contributed by atoms with van der Waals surface area (Å²) < 4.78 is 38.3. The van der Waals surface area contributed by atoms with E-state index in [0.29, 0.717) is 22.9 Å². The number of aromatic nitrogens is 1. The van der Waals surface area contributed by atoms with Crippen molar-refractivity contribution in [2.75, 3.05) is 11.9 Å². The lowest BCUT2D eigenvalue weighted by Gasteiger charge is -2.14. The maximum absolute atomic E-state index is 13.4. The van der Waals surface area contributed by atoms with E-state index in [-0.39, 0.29) is 27.7 Å². The smallest absolute Gasteiger partial charge is 0.234 e. The van der Waals surface area contributed by atoms with Crippen LogP contribution >= 0.6 is 11.6 Å². The van der Waals surface area contributed by atoms with Crippen LogP contribution in [0.3, 0.4) is 0 Å². The van der Waals surface area contributed by atoms with E-state index < -0.39 is 9.84 Å². The Kier molecular flexibility index (Phi) is 6.72. The predicted octanol–water partition coefficient (Wildman–Crippen LogP) is 6.40. The molecule has 0 aliphatic heterocycles. The van der Waals surface area contributed by atoms with Crippen molar-refractivity contribution >= 4 is 27.3 Å². The first-order valence-corrected chi connectivity index (χ1v) is 12.3. The van der Waals surface area contributed by atoms with Crippen LogP contribution in [0.4, 0.5) is 5.88 Å². The molecule has 0 radical (unpaired) electrons. The Morgan fingerprint density at radius 1 is 1.00 bits per heavy atom. The highest BCUT2D eigenvalue weighted by Gasteiger charge is 2.29. The van der Waals surface area contributed by atoms with Crippen LogP contribution in [0.25, 0.3) is 11.5 Å². The van der Waals surface area contributed by atoms with Crippen molar-refractivity contribution < 1.29 is 17.6 Å². The number of halogens is 1. The van der Waals surface area contributed by atoms with Crippen molar-refractivity contribution in [1.29, 1.82) is 0 Å². The van der Waals surface area contributed by atoms with E-state index in [1.807, 2.05) is 44.2 Å².